The van der Waals surface area contributed by atoms with Crippen LogP contribution in [0.5, 0.6) is 0 Å². The molecule has 8 heteroatoms. The summed E-state index contributed by atoms with van der Waals surface area (Å²) in [7, 11) is 0. The number of halogens is 1. The van der Waals surface area contributed by atoms with E-state index in [1.54, 1.807) is 25.1 Å². The van der Waals surface area contributed by atoms with E-state index in [0.717, 1.165) is 10.6 Å². The third-order valence-electron chi connectivity index (χ3n) is 3.76. The SMILES string of the molecule is Cc1nc(-c2ccccc2)sc1C(=O)NNC(=O)CCSc1ccccc1F. The zero-order valence-corrected chi connectivity index (χ0v) is 16.7. The van der Waals surface area contributed by atoms with Crippen LogP contribution in [0.2, 0.25) is 0 Å². The van der Waals surface area contributed by atoms with Crippen LogP contribution in [0.15, 0.2) is 59.5 Å². The van der Waals surface area contributed by atoms with Gasteiger partial charge in [-0.1, -0.05) is 42.5 Å². The monoisotopic (exact) mass is 415 g/mol. The minimum absolute atomic E-state index is 0.149. The van der Waals surface area contributed by atoms with Crippen molar-refractivity contribution in [2.45, 2.75) is 18.2 Å². The molecule has 0 spiro atoms. The van der Waals surface area contributed by atoms with E-state index in [-0.39, 0.29) is 18.1 Å². The first-order valence-corrected chi connectivity index (χ1v) is 10.3. The van der Waals surface area contributed by atoms with Gasteiger partial charge < -0.3 is 0 Å². The second-order valence-corrected chi connectivity index (χ2v) is 7.97. The van der Waals surface area contributed by atoms with Crippen molar-refractivity contribution in [3.05, 3.63) is 71.0 Å². The van der Waals surface area contributed by atoms with Gasteiger partial charge in [0.2, 0.25) is 5.91 Å². The highest BCUT2D eigenvalue weighted by Gasteiger charge is 2.16. The molecule has 0 bridgehead atoms. The number of hydrogen-bond acceptors (Lipinski definition) is 5. The van der Waals surface area contributed by atoms with Gasteiger partial charge in [-0.2, -0.15) is 0 Å². The van der Waals surface area contributed by atoms with E-state index in [1.165, 1.54) is 29.2 Å². The van der Waals surface area contributed by atoms with Gasteiger partial charge in [-0.05, 0) is 19.1 Å². The number of aryl methyl sites for hydroxylation is 1. The number of rotatable bonds is 6. The maximum absolute atomic E-state index is 13.5. The summed E-state index contributed by atoms with van der Waals surface area (Å²) < 4.78 is 13.5. The number of carbonyl (C=O) groups is 2. The van der Waals surface area contributed by atoms with Gasteiger partial charge in [-0.3, -0.25) is 20.4 Å². The Morgan fingerprint density at radius 1 is 1.07 bits per heavy atom. The average molecular weight is 416 g/mol. The first kappa shape index (κ1) is 20.0. The molecule has 0 saturated heterocycles. The quantitative estimate of drug-likeness (QED) is 0.468. The summed E-state index contributed by atoms with van der Waals surface area (Å²) in [5.74, 6) is -0.661. The average Bonchev–Trinajstić information content (AvgIpc) is 3.10. The minimum atomic E-state index is -0.410. The minimum Gasteiger partial charge on any atom is -0.273 e. The van der Waals surface area contributed by atoms with Crippen LogP contribution >= 0.6 is 23.1 Å². The summed E-state index contributed by atoms with van der Waals surface area (Å²) in [4.78, 5) is 29.6. The highest BCUT2D eigenvalue weighted by molar-refractivity contribution is 7.99. The standard InChI is InChI=1S/C20H18FN3O2S2/c1-13-18(28-20(22-13)14-7-3-2-4-8-14)19(26)24-23-17(25)11-12-27-16-10-6-5-9-15(16)21/h2-10H,11-12H2,1H3,(H,23,25)(H,24,26). The van der Waals surface area contributed by atoms with Crippen LogP contribution in [0.25, 0.3) is 10.6 Å². The molecule has 2 N–H and O–H groups in total. The Kier molecular flexibility index (Phi) is 6.78. The Morgan fingerprint density at radius 3 is 2.54 bits per heavy atom. The third kappa shape index (κ3) is 5.17. The second kappa shape index (κ2) is 9.48. The van der Waals surface area contributed by atoms with Crippen LogP contribution < -0.4 is 10.9 Å². The fourth-order valence-corrected chi connectivity index (χ4v) is 4.23. The van der Waals surface area contributed by atoms with Crippen LogP contribution in [-0.4, -0.2) is 22.6 Å². The predicted molar refractivity (Wildman–Crippen MR) is 110 cm³/mol. The van der Waals surface area contributed by atoms with E-state index >= 15 is 0 Å². The molecule has 28 heavy (non-hydrogen) atoms. The molecule has 1 aromatic heterocycles. The molecule has 0 radical (unpaired) electrons. The molecular weight excluding hydrogens is 397 g/mol. The maximum atomic E-state index is 13.5. The molecule has 144 valence electrons. The van der Waals surface area contributed by atoms with E-state index in [0.29, 0.717) is 21.2 Å². The van der Waals surface area contributed by atoms with Crippen molar-refractivity contribution in [1.29, 1.82) is 0 Å². The summed E-state index contributed by atoms with van der Waals surface area (Å²) in [5.41, 5.74) is 6.34. The van der Waals surface area contributed by atoms with Gasteiger partial charge in [0.25, 0.3) is 5.91 Å². The number of carbonyl (C=O) groups excluding carboxylic acids is 2. The summed E-state index contributed by atoms with van der Waals surface area (Å²) in [6, 6.07) is 16.0. The zero-order chi connectivity index (χ0) is 19.9. The lowest BCUT2D eigenvalue weighted by atomic mass is 10.2. The van der Waals surface area contributed by atoms with Crippen LogP contribution in [-0.2, 0) is 4.79 Å². The number of aromatic nitrogens is 1. The van der Waals surface area contributed by atoms with Gasteiger partial charge in [0.1, 0.15) is 15.7 Å². The predicted octanol–water partition coefficient (Wildman–Crippen LogP) is 4.20. The molecule has 5 nitrogen and oxygen atoms in total. The highest BCUT2D eigenvalue weighted by atomic mass is 32.2. The normalized spacial score (nSPS) is 10.5. The van der Waals surface area contributed by atoms with Crippen LogP contribution in [0.4, 0.5) is 4.39 Å². The Balaban J connectivity index is 1.49. The van der Waals surface area contributed by atoms with Crippen LogP contribution in [0, 0.1) is 12.7 Å². The van der Waals surface area contributed by atoms with E-state index < -0.39 is 5.91 Å². The van der Waals surface area contributed by atoms with E-state index in [1.807, 2.05) is 30.3 Å². The van der Waals surface area contributed by atoms with E-state index in [4.69, 9.17) is 0 Å². The van der Waals surface area contributed by atoms with E-state index in [9.17, 15) is 14.0 Å². The maximum Gasteiger partial charge on any atom is 0.281 e. The van der Waals surface area contributed by atoms with Crippen molar-refractivity contribution in [2.75, 3.05) is 5.75 Å². The van der Waals surface area contributed by atoms with Crippen molar-refractivity contribution >= 4 is 34.9 Å². The molecule has 3 aromatic rings. The molecule has 3 rings (SSSR count). The van der Waals surface area contributed by atoms with E-state index in [2.05, 4.69) is 15.8 Å². The van der Waals surface area contributed by atoms with Gasteiger partial charge in [-0.25, -0.2) is 9.37 Å². The van der Waals surface area contributed by atoms with Crippen molar-refractivity contribution in [1.82, 2.24) is 15.8 Å². The van der Waals surface area contributed by atoms with Gasteiger partial charge in [0.05, 0.1) is 5.69 Å². The number of amides is 2. The number of thioether (sulfide) groups is 1. The van der Waals surface area contributed by atoms with Gasteiger partial charge in [0.15, 0.2) is 0 Å². The van der Waals surface area contributed by atoms with Crippen molar-refractivity contribution in [3.8, 4) is 10.6 Å². The second-order valence-electron chi connectivity index (χ2n) is 5.83. The summed E-state index contributed by atoms with van der Waals surface area (Å²) >= 11 is 2.52. The highest BCUT2D eigenvalue weighted by Crippen LogP contribution is 2.27. The number of thiazole rings is 1. The van der Waals surface area contributed by atoms with Crippen LogP contribution in [0.1, 0.15) is 21.8 Å². The Bertz CT molecular complexity index is 977. The molecule has 0 aliphatic rings. The summed E-state index contributed by atoms with van der Waals surface area (Å²) in [6.07, 6.45) is 0.149. The molecule has 1 heterocycles. The molecule has 0 fully saturated rings. The summed E-state index contributed by atoms with van der Waals surface area (Å²) in [5, 5.41) is 0.746. The van der Waals surface area contributed by atoms with Gasteiger partial charge in [0, 0.05) is 22.6 Å². The first-order chi connectivity index (χ1) is 13.5. The lowest BCUT2D eigenvalue weighted by molar-refractivity contribution is -0.121. The van der Waals surface area contributed by atoms with Crippen molar-refractivity contribution < 1.29 is 14.0 Å². The lowest BCUT2D eigenvalue weighted by Gasteiger charge is -2.07. The summed E-state index contributed by atoms with van der Waals surface area (Å²) in [6.45, 7) is 1.75. The molecule has 0 atom stereocenters. The fraction of sp³-hybridized carbons (Fsp3) is 0.150. The smallest absolute Gasteiger partial charge is 0.273 e. The Hall–Kier alpha value is -2.71. The van der Waals surface area contributed by atoms with Crippen molar-refractivity contribution in [2.24, 2.45) is 0 Å². The number of benzene rings is 2. The largest absolute Gasteiger partial charge is 0.281 e. The van der Waals surface area contributed by atoms with Gasteiger partial charge in [-0.15, -0.1) is 23.1 Å². The zero-order valence-electron chi connectivity index (χ0n) is 15.1. The fourth-order valence-electron chi connectivity index (χ4n) is 2.37. The van der Waals surface area contributed by atoms with Gasteiger partial charge >= 0.3 is 0 Å². The first-order valence-electron chi connectivity index (χ1n) is 8.54. The molecule has 2 amide bonds. The number of nitrogens with zero attached hydrogens (tertiary/aromatic N) is 1. The third-order valence-corrected chi connectivity index (χ3v) is 6.02. The van der Waals surface area contributed by atoms with Crippen molar-refractivity contribution in [3.63, 3.8) is 0 Å². The Labute approximate surface area is 170 Å². The number of nitrogens with one attached hydrogen (secondary N) is 2. The molecular formula is C20H18FN3O2S2. The number of hydrogen-bond donors (Lipinski definition) is 2. The number of hydrazine groups is 1. The van der Waals surface area contributed by atoms with Crippen LogP contribution in [0.3, 0.4) is 0 Å². The molecule has 0 aliphatic heterocycles. The Morgan fingerprint density at radius 2 is 1.79 bits per heavy atom. The lowest BCUT2D eigenvalue weighted by Crippen LogP contribution is -2.41. The molecule has 0 aliphatic carbocycles. The molecule has 2 aromatic carbocycles. The molecule has 0 unspecified atom stereocenters. The molecule has 0 saturated carbocycles. The topological polar surface area (TPSA) is 71.1 Å².